The van der Waals surface area contributed by atoms with Crippen LogP contribution in [0.1, 0.15) is 38.1 Å². The Bertz CT molecular complexity index is 480. The van der Waals surface area contributed by atoms with E-state index in [-0.39, 0.29) is 17.5 Å². The van der Waals surface area contributed by atoms with Crippen molar-refractivity contribution in [3.63, 3.8) is 0 Å². The summed E-state index contributed by atoms with van der Waals surface area (Å²) in [5, 5.41) is 0.0471. The van der Waals surface area contributed by atoms with Crippen LogP contribution in [-0.4, -0.2) is 42.0 Å². The molecule has 6 heteroatoms. The van der Waals surface area contributed by atoms with Gasteiger partial charge in [-0.15, -0.1) is 12.4 Å². The fraction of sp³-hybridized carbons (Fsp3) is 0.588. The van der Waals surface area contributed by atoms with E-state index in [0.717, 1.165) is 25.4 Å². The summed E-state index contributed by atoms with van der Waals surface area (Å²) in [7, 11) is 0. The Kier molecular flexibility index (Phi) is 11.1. The summed E-state index contributed by atoms with van der Waals surface area (Å²) in [4.78, 5) is 14.7. The summed E-state index contributed by atoms with van der Waals surface area (Å²) in [6.45, 7) is 11.9. The number of benzene rings is 1. The predicted molar refractivity (Wildman–Crippen MR) is 103 cm³/mol. The van der Waals surface area contributed by atoms with Crippen molar-refractivity contribution in [1.82, 2.24) is 4.90 Å². The molecular weight excluding hydrogens is 332 g/mol. The predicted octanol–water partition coefficient (Wildman–Crippen LogP) is 3.94. The first-order valence-corrected chi connectivity index (χ1v) is 8.88. The van der Waals surface area contributed by atoms with Gasteiger partial charge in [0.1, 0.15) is 5.75 Å². The van der Waals surface area contributed by atoms with Gasteiger partial charge in [0.2, 0.25) is 5.12 Å². The zero-order valence-electron chi connectivity index (χ0n) is 14.5. The van der Waals surface area contributed by atoms with Crippen LogP contribution >= 0.6 is 24.2 Å². The first kappa shape index (κ1) is 22.1. The van der Waals surface area contributed by atoms with Crippen molar-refractivity contribution in [2.75, 3.05) is 37.7 Å². The molecule has 23 heavy (non-hydrogen) atoms. The molecule has 0 atom stereocenters. The molecule has 1 rings (SSSR count). The molecule has 0 bridgehead atoms. The van der Waals surface area contributed by atoms with E-state index in [0.29, 0.717) is 29.5 Å². The van der Waals surface area contributed by atoms with Gasteiger partial charge in [-0.2, -0.15) is 0 Å². The van der Waals surface area contributed by atoms with Crippen LogP contribution in [0.15, 0.2) is 18.2 Å². The average molecular weight is 361 g/mol. The number of hydrogen-bond acceptors (Lipinski definition) is 5. The maximum absolute atomic E-state index is 12.4. The van der Waals surface area contributed by atoms with Crippen molar-refractivity contribution >= 4 is 35.0 Å². The Morgan fingerprint density at radius 1 is 1.30 bits per heavy atom. The third kappa shape index (κ3) is 7.95. The van der Waals surface area contributed by atoms with E-state index in [1.807, 2.05) is 0 Å². The quantitative estimate of drug-likeness (QED) is 0.676. The lowest BCUT2D eigenvalue weighted by atomic mass is 10.2. The van der Waals surface area contributed by atoms with Crippen LogP contribution in [-0.2, 0) is 0 Å². The van der Waals surface area contributed by atoms with Gasteiger partial charge >= 0.3 is 0 Å². The Morgan fingerprint density at radius 3 is 2.52 bits per heavy atom. The second kappa shape index (κ2) is 11.6. The van der Waals surface area contributed by atoms with Gasteiger partial charge in [0.25, 0.3) is 0 Å². The summed E-state index contributed by atoms with van der Waals surface area (Å²) < 4.78 is 5.75. The van der Waals surface area contributed by atoms with Crippen LogP contribution in [0.2, 0.25) is 0 Å². The van der Waals surface area contributed by atoms with Crippen molar-refractivity contribution in [3.05, 3.63) is 23.8 Å². The number of nitrogens with two attached hydrogens (primary N) is 1. The number of carbonyl (C=O) groups is 1. The number of halogens is 1. The number of nitrogen functional groups attached to an aromatic ring is 1. The van der Waals surface area contributed by atoms with E-state index in [1.54, 1.807) is 18.2 Å². The molecule has 0 saturated heterocycles. The molecule has 0 saturated carbocycles. The van der Waals surface area contributed by atoms with Gasteiger partial charge in [-0.3, -0.25) is 4.79 Å². The number of carbonyl (C=O) groups excluding carboxylic acids is 1. The highest BCUT2D eigenvalue weighted by Crippen LogP contribution is 2.26. The average Bonchev–Trinajstić information content (AvgIpc) is 2.49. The summed E-state index contributed by atoms with van der Waals surface area (Å²) in [6, 6.07) is 5.25. The molecule has 0 spiro atoms. The lowest BCUT2D eigenvalue weighted by Crippen LogP contribution is -2.25. The van der Waals surface area contributed by atoms with Crippen LogP contribution in [0, 0.1) is 5.92 Å². The summed E-state index contributed by atoms with van der Waals surface area (Å²) >= 11 is 1.34. The van der Waals surface area contributed by atoms with Gasteiger partial charge in [-0.1, -0.05) is 39.5 Å². The number of thioether (sulfide) groups is 1. The fourth-order valence-corrected chi connectivity index (χ4v) is 2.83. The second-order valence-corrected chi connectivity index (χ2v) is 6.69. The maximum Gasteiger partial charge on any atom is 0.223 e. The molecule has 4 nitrogen and oxygen atoms in total. The Morgan fingerprint density at radius 2 is 1.96 bits per heavy atom. The van der Waals surface area contributed by atoms with Crippen LogP contribution in [0.3, 0.4) is 0 Å². The zero-order valence-corrected chi connectivity index (χ0v) is 16.1. The third-order valence-electron chi connectivity index (χ3n) is 3.33. The van der Waals surface area contributed by atoms with Gasteiger partial charge in [0, 0.05) is 24.1 Å². The van der Waals surface area contributed by atoms with Gasteiger partial charge < -0.3 is 15.4 Å². The molecule has 0 heterocycles. The molecular formula is C17H29ClN2O2S. The number of hydrogen-bond donors (Lipinski definition) is 1. The minimum absolute atomic E-state index is 0. The molecule has 1 aromatic rings. The SMILES string of the molecule is CCN(CC)CCSC(=O)c1ccc(N)cc1OCC(C)C.Cl. The van der Waals surface area contributed by atoms with Crippen LogP contribution in [0.5, 0.6) is 5.75 Å². The molecule has 0 aliphatic rings. The zero-order chi connectivity index (χ0) is 16.5. The van der Waals surface area contributed by atoms with Crippen LogP contribution in [0.4, 0.5) is 5.69 Å². The molecule has 132 valence electrons. The smallest absolute Gasteiger partial charge is 0.223 e. The van der Waals surface area contributed by atoms with E-state index >= 15 is 0 Å². The Labute approximate surface area is 150 Å². The first-order chi connectivity index (χ1) is 10.5. The maximum atomic E-state index is 12.4. The van der Waals surface area contributed by atoms with E-state index in [4.69, 9.17) is 10.5 Å². The molecule has 0 aromatic heterocycles. The largest absolute Gasteiger partial charge is 0.492 e. The topological polar surface area (TPSA) is 55.6 Å². The van der Waals surface area contributed by atoms with E-state index in [1.165, 1.54) is 11.8 Å². The van der Waals surface area contributed by atoms with Gasteiger partial charge in [-0.05, 0) is 31.1 Å². The highest BCUT2D eigenvalue weighted by atomic mass is 35.5. The lowest BCUT2D eigenvalue weighted by Gasteiger charge is -2.17. The lowest BCUT2D eigenvalue weighted by molar-refractivity contribution is 0.108. The number of anilines is 1. The van der Waals surface area contributed by atoms with Crippen molar-refractivity contribution < 1.29 is 9.53 Å². The fourth-order valence-electron chi connectivity index (χ4n) is 1.97. The minimum atomic E-state index is 0. The molecule has 0 aliphatic heterocycles. The Hall–Kier alpha value is -0.910. The molecule has 1 aromatic carbocycles. The minimum Gasteiger partial charge on any atom is -0.492 e. The monoisotopic (exact) mass is 360 g/mol. The van der Waals surface area contributed by atoms with E-state index in [9.17, 15) is 4.79 Å². The second-order valence-electron chi connectivity index (χ2n) is 5.62. The number of ether oxygens (including phenoxy) is 1. The molecule has 0 aliphatic carbocycles. The van der Waals surface area contributed by atoms with Crippen molar-refractivity contribution in [1.29, 1.82) is 0 Å². The van der Waals surface area contributed by atoms with Crippen molar-refractivity contribution in [2.45, 2.75) is 27.7 Å². The molecule has 0 unspecified atom stereocenters. The number of rotatable bonds is 9. The van der Waals surface area contributed by atoms with Crippen molar-refractivity contribution in [2.24, 2.45) is 5.92 Å². The summed E-state index contributed by atoms with van der Waals surface area (Å²) in [5.41, 5.74) is 7.03. The summed E-state index contributed by atoms with van der Waals surface area (Å²) in [6.07, 6.45) is 0. The van der Waals surface area contributed by atoms with Crippen LogP contribution < -0.4 is 10.5 Å². The van der Waals surface area contributed by atoms with E-state index in [2.05, 4.69) is 32.6 Å². The molecule has 2 N–H and O–H groups in total. The molecule has 0 amide bonds. The standard InChI is InChI=1S/C17H28N2O2S.ClH/c1-5-19(6-2)9-10-22-17(20)15-8-7-14(18)11-16(15)21-12-13(3)4;/h7-8,11,13H,5-6,9-10,12,18H2,1-4H3;1H. The third-order valence-corrected chi connectivity index (χ3v) is 4.20. The van der Waals surface area contributed by atoms with E-state index < -0.39 is 0 Å². The highest BCUT2D eigenvalue weighted by molar-refractivity contribution is 8.14. The van der Waals surface area contributed by atoms with Crippen molar-refractivity contribution in [3.8, 4) is 5.75 Å². The van der Waals surface area contributed by atoms with Crippen LogP contribution in [0.25, 0.3) is 0 Å². The normalized spacial score (nSPS) is 10.7. The first-order valence-electron chi connectivity index (χ1n) is 7.89. The number of nitrogens with zero attached hydrogens (tertiary/aromatic N) is 1. The summed E-state index contributed by atoms with van der Waals surface area (Å²) in [5.74, 6) is 1.78. The van der Waals surface area contributed by atoms with Gasteiger partial charge in [0.15, 0.2) is 0 Å². The molecule has 0 fully saturated rings. The molecule has 0 radical (unpaired) electrons. The van der Waals surface area contributed by atoms with Gasteiger partial charge in [0.05, 0.1) is 12.2 Å². The van der Waals surface area contributed by atoms with Gasteiger partial charge in [-0.25, -0.2) is 0 Å². The highest BCUT2D eigenvalue weighted by Gasteiger charge is 2.14. The Balaban J connectivity index is 0.00000484.